The molecule has 0 aliphatic heterocycles. The Morgan fingerprint density at radius 1 is 1.06 bits per heavy atom. The third-order valence-corrected chi connectivity index (χ3v) is 7.68. The van der Waals surface area contributed by atoms with Crippen LogP contribution in [0.5, 0.6) is 5.75 Å². The Morgan fingerprint density at radius 3 is 2.18 bits per heavy atom. The normalized spacial score (nSPS) is 37.5. The number of benzene rings is 1. The van der Waals surface area contributed by atoms with Crippen LogP contribution in [-0.4, -0.2) is 84.9 Å². The van der Waals surface area contributed by atoms with Crippen molar-refractivity contribution in [3.63, 3.8) is 0 Å². The van der Waals surface area contributed by atoms with E-state index in [4.69, 9.17) is 5.73 Å². The van der Waals surface area contributed by atoms with Crippen LogP contribution in [0.1, 0.15) is 25.0 Å². The second-order valence-corrected chi connectivity index (χ2v) is 9.67. The van der Waals surface area contributed by atoms with Crippen molar-refractivity contribution in [2.75, 3.05) is 14.1 Å². The summed E-state index contributed by atoms with van der Waals surface area (Å²) in [5.74, 6) is -8.07. The van der Waals surface area contributed by atoms with E-state index in [0.717, 1.165) is 0 Å². The summed E-state index contributed by atoms with van der Waals surface area (Å²) in [6.07, 6.45) is -1.93. The third-order valence-electron chi connectivity index (χ3n) is 7.68. The smallest absolute Gasteiger partial charge is 0.255 e. The predicted octanol–water partition coefficient (Wildman–Crippen LogP) is -1.01. The Morgan fingerprint density at radius 2 is 1.65 bits per heavy atom. The molecule has 3 aliphatic rings. The van der Waals surface area contributed by atoms with E-state index >= 15 is 0 Å². The first-order chi connectivity index (χ1) is 15.6. The summed E-state index contributed by atoms with van der Waals surface area (Å²) in [6, 6.07) is 2.52. The van der Waals surface area contributed by atoms with E-state index in [2.05, 4.69) is 0 Å². The number of carbonyl (C=O) groups is 3. The highest BCUT2D eigenvalue weighted by atomic mass is 16.3. The van der Waals surface area contributed by atoms with Gasteiger partial charge in [0.15, 0.2) is 0 Å². The molecule has 4 rings (SSSR count). The SMILES string of the molecule is CN(C)[C@@H]1C(O)=C(C(N)=O)C(=O)[C@@]2(O)C(=O)C3=C(O)c4c(O)cccc4[C@@](C)(O)[C@H]3[C@H](O)[C@@]12C. The number of hydrogen-bond donors (Lipinski definition) is 7. The fraction of sp³-hybridized carbons (Fsp3) is 0.435. The number of carbonyl (C=O) groups excluding carboxylic acids is 3. The molecule has 0 spiro atoms. The van der Waals surface area contributed by atoms with Crippen LogP contribution in [0.3, 0.4) is 0 Å². The lowest BCUT2D eigenvalue weighted by atomic mass is 9.46. The molecule has 3 aliphatic carbocycles. The first-order valence-corrected chi connectivity index (χ1v) is 10.5. The predicted molar refractivity (Wildman–Crippen MR) is 116 cm³/mol. The molecule has 11 heteroatoms. The lowest BCUT2D eigenvalue weighted by molar-refractivity contribution is -0.213. The Kier molecular flexibility index (Phi) is 4.84. The Bertz CT molecular complexity index is 1230. The molecule has 1 amide bonds. The van der Waals surface area contributed by atoms with Crippen LogP contribution >= 0.6 is 0 Å². The molecule has 0 heterocycles. The molecule has 0 radical (unpaired) electrons. The van der Waals surface area contributed by atoms with E-state index in [9.17, 15) is 45.0 Å². The summed E-state index contributed by atoms with van der Waals surface area (Å²) >= 11 is 0. The minimum absolute atomic E-state index is 0.000711. The van der Waals surface area contributed by atoms with Gasteiger partial charge in [0, 0.05) is 0 Å². The van der Waals surface area contributed by atoms with Crippen LogP contribution in [0.15, 0.2) is 35.1 Å². The maximum absolute atomic E-state index is 13.9. The fourth-order valence-corrected chi connectivity index (χ4v) is 6.10. The summed E-state index contributed by atoms with van der Waals surface area (Å²) in [7, 11) is 2.85. The van der Waals surface area contributed by atoms with Gasteiger partial charge in [-0.1, -0.05) is 19.1 Å². The van der Waals surface area contributed by atoms with Crippen molar-refractivity contribution in [2.24, 2.45) is 17.1 Å². The molecule has 0 aromatic heterocycles. The molecule has 1 aromatic carbocycles. The highest BCUT2D eigenvalue weighted by Gasteiger charge is 2.76. The standard InChI is InChI=1S/C23H26N2O9/c1-21-16(25(3)4)15(28)12(20(24)32)18(30)23(21,34)17(29)11-13(19(21)31)22(2,33)8-6-5-7-9(26)10(8)14(11)27/h5-7,13,16,19,26-28,31,33-34H,1-4H3,(H2,24,32)/t13-,16-,19+,21-,22-,23+/m1/s1. The van der Waals surface area contributed by atoms with Crippen LogP contribution in [0.4, 0.5) is 0 Å². The Hall–Kier alpha value is -3.25. The van der Waals surface area contributed by atoms with E-state index in [1.807, 2.05) is 0 Å². The number of phenols is 1. The number of likely N-dealkylation sites (N-methyl/N-ethyl adjacent to an activating group) is 1. The number of aliphatic hydroxyl groups is 5. The lowest BCUT2D eigenvalue weighted by Crippen LogP contribution is -2.78. The number of nitrogens with zero attached hydrogens (tertiary/aromatic N) is 1. The molecule has 1 aromatic rings. The van der Waals surface area contributed by atoms with Crippen molar-refractivity contribution in [1.29, 1.82) is 0 Å². The van der Waals surface area contributed by atoms with Crippen LogP contribution in [0.25, 0.3) is 5.76 Å². The van der Waals surface area contributed by atoms with E-state index in [-0.39, 0.29) is 11.1 Å². The molecule has 0 unspecified atom stereocenters. The number of aromatic hydroxyl groups is 1. The Labute approximate surface area is 194 Å². The van der Waals surface area contributed by atoms with Gasteiger partial charge in [-0.05, 0) is 32.6 Å². The number of ketones is 2. The Balaban J connectivity index is 2.14. The fourth-order valence-electron chi connectivity index (χ4n) is 6.10. The number of primary amides is 1. The molecule has 8 N–H and O–H groups in total. The highest BCUT2D eigenvalue weighted by molar-refractivity contribution is 6.33. The quantitative estimate of drug-likeness (QED) is 0.206. The molecular formula is C23H26N2O9. The largest absolute Gasteiger partial charge is 0.510 e. The van der Waals surface area contributed by atoms with Crippen LogP contribution in [0.2, 0.25) is 0 Å². The number of nitrogens with two attached hydrogens (primary N) is 1. The van der Waals surface area contributed by atoms with E-state index in [1.165, 1.54) is 51.0 Å². The van der Waals surface area contributed by atoms with Crippen molar-refractivity contribution in [3.05, 3.63) is 46.2 Å². The summed E-state index contributed by atoms with van der Waals surface area (Å²) in [4.78, 5) is 40.6. The molecule has 1 fully saturated rings. The average molecular weight is 474 g/mol. The zero-order valence-electron chi connectivity index (χ0n) is 18.9. The van der Waals surface area contributed by atoms with Crippen molar-refractivity contribution in [3.8, 4) is 5.75 Å². The van der Waals surface area contributed by atoms with Crippen LogP contribution in [0, 0.1) is 11.3 Å². The van der Waals surface area contributed by atoms with Gasteiger partial charge in [-0.3, -0.25) is 19.3 Å². The van der Waals surface area contributed by atoms with Gasteiger partial charge >= 0.3 is 0 Å². The number of aliphatic hydroxyl groups excluding tert-OH is 3. The van der Waals surface area contributed by atoms with Gasteiger partial charge in [0.2, 0.25) is 17.2 Å². The summed E-state index contributed by atoms with van der Waals surface area (Å²) in [5, 5.41) is 67.2. The summed E-state index contributed by atoms with van der Waals surface area (Å²) < 4.78 is 0. The van der Waals surface area contributed by atoms with E-state index < -0.39 is 80.6 Å². The molecule has 0 bridgehead atoms. The van der Waals surface area contributed by atoms with E-state index in [0.29, 0.717) is 0 Å². The van der Waals surface area contributed by atoms with Gasteiger partial charge in [-0.2, -0.15) is 0 Å². The number of fused-ring (bicyclic) bond motifs is 3. The van der Waals surface area contributed by atoms with Crippen molar-refractivity contribution in [2.45, 2.75) is 37.2 Å². The van der Waals surface area contributed by atoms with Gasteiger partial charge in [-0.15, -0.1) is 0 Å². The lowest BCUT2D eigenvalue weighted by Gasteiger charge is -2.61. The minimum atomic E-state index is -3.16. The molecule has 34 heavy (non-hydrogen) atoms. The van der Waals surface area contributed by atoms with Crippen LogP contribution in [-0.2, 0) is 20.0 Å². The van der Waals surface area contributed by atoms with Crippen LogP contribution < -0.4 is 5.73 Å². The first-order valence-electron chi connectivity index (χ1n) is 10.5. The third kappa shape index (κ3) is 2.41. The summed E-state index contributed by atoms with van der Waals surface area (Å²) in [6.45, 7) is 2.43. The van der Waals surface area contributed by atoms with Gasteiger partial charge in [0.25, 0.3) is 5.91 Å². The number of rotatable bonds is 2. The zero-order chi connectivity index (χ0) is 25.7. The molecule has 11 nitrogen and oxygen atoms in total. The monoisotopic (exact) mass is 474 g/mol. The minimum Gasteiger partial charge on any atom is -0.510 e. The molecule has 182 valence electrons. The molecule has 6 atom stereocenters. The number of hydrogen-bond acceptors (Lipinski definition) is 10. The van der Waals surface area contributed by atoms with Gasteiger partial charge in [0.05, 0.1) is 40.2 Å². The molecule has 1 saturated carbocycles. The maximum Gasteiger partial charge on any atom is 0.255 e. The van der Waals surface area contributed by atoms with Gasteiger partial charge in [0.1, 0.15) is 22.8 Å². The highest BCUT2D eigenvalue weighted by Crippen LogP contribution is 2.61. The number of Topliss-reactive ketones (excluding diaryl/α,β-unsaturated/α-hetero) is 2. The van der Waals surface area contributed by atoms with E-state index in [1.54, 1.807) is 0 Å². The van der Waals surface area contributed by atoms with Crippen molar-refractivity contribution in [1.82, 2.24) is 4.90 Å². The number of amides is 1. The average Bonchev–Trinajstić information content (AvgIpc) is 2.72. The van der Waals surface area contributed by atoms with Gasteiger partial charge in [-0.25, -0.2) is 0 Å². The van der Waals surface area contributed by atoms with Crippen molar-refractivity contribution >= 4 is 23.2 Å². The molecule has 0 saturated heterocycles. The zero-order valence-corrected chi connectivity index (χ0v) is 18.9. The van der Waals surface area contributed by atoms with Crippen molar-refractivity contribution < 1.29 is 45.0 Å². The topological polar surface area (TPSA) is 202 Å². The molecular weight excluding hydrogens is 448 g/mol. The maximum atomic E-state index is 13.9. The summed E-state index contributed by atoms with van der Waals surface area (Å²) in [5.41, 5.74) is -4.15. The second kappa shape index (κ2) is 6.89. The first kappa shape index (κ1) is 23.9. The second-order valence-electron chi connectivity index (χ2n) is 9.67. The number of phenolic OH excluding ortho intramolecular Hbond substituents is 1. The van der Waals surface area contributed by atoms with Gasteiger partial charge < -0.3 is 36.4 Å².